The molecule has 2 atom stereocenters. The van der Waals surface area contributed by atoms with Crippen LogP contribution in [0.15, 0.2) is 24.3 Å². The highest BCUT2D eigenvalue weighted by molar-refractivity contribution is 5.30. The first-order valence-corrected chi connectivity index (χ1v) is 7.18. The van der Waals surface area contributed by atoms with Crippen LogP contribution in [0.4, 0.5) is 0 Å². The van der Waals surface area contributed by atoms with Crippen LogP contribution in [0.25, 0.3) is 0 Å². The van der Waals surface area contributed by atoms with Gasteiger partial charge < -0.3 is 5.32 Å². The van der Waals surface area contributed by atoms with Crippen LogP contribution in [0.5, 0.6) is 0 Å². The number of nitrogens with zero attached hydrogens (tertiary/aromatic N) is 1. The van der Waals surface area contributed by atoms with Gasteiger partial charge in [0.05, 0.1) is 0 Å². The van der Waals surface area contributed by atoms with Crippen molar-refractivity contribution in [1.82, 2.24) is 10.2 Å². The molecule has 2 heteroatoms. The van der Waals surface area contributed by atoms with Gasteiger partial charge in [0, 0.05) is 25.7 Å². The average Bonchev–Trinajstić information content (AvgIpc) is 2.77. The van der Waals surface area contributed by atoms with E-state index < -0.39 is 0 Å². The summed E-state index contributed by atoms with van der Waals surface area (Å²) in [5.74, 6) is 0. The second-order valence-corrected chi connectivity index (χ2v) is 6.46. The Bertz CT molecular complexity index is 421. The largest absolute Gasteiger partial charge is 0.316 e. The summed E-state index contributed by atoms with van der Waals surface area (Å²) in [6.07, 6.45) is 2.53. The Morgan fingerprint density at radius 3 is 2.83 bits per heavy atom. The van der Waals surface area contributed by atoms with Crippen molar-refractivity contribution in [2.75, 3.05) is 19.6 Å². The first-order chi connectivity index (χ1) is 8.66. The Labute approximate surface area is 110 Å². The van der Waals surface area contributed by atoms with Gasteiger partial charge in [0.25, 0.3) is 0 Å². The Kier molecular flexibility index (Phi) is 3.16. The van der Waals surface area contributed by atoms with Crippen LogP contribution < -0.4 is 5.32 Å². The van der Waals surface area contributed by atoms with Crippen LogP contribution in [-0.2, 0) is 13.0 Å². The molecular formula is C16H24N2. The molecule has 2 unspecified atom stereocenters. The van der Waals surface area contributed by atoms with Gasteiger partial charge in [0.2, 0.25) is 0 Å². The fourth-order valence-corrected chi connectivity index (χ4v) is 3.44. The van der Waals surface area contributed by atoms with Gasteiger partial charge in [0.1, 0.15) is 0 Å². The summed E-state index contributed by atoms with van der Waals surface area (Å²) in [4.78, 5) is 2.68. The summed E-state index contributed by atoms with van der Waals surface area (Å²) in [6.45, 7) is 9.54. The molecule has 0 bridgehead atoms. The van der Waals surface area contributed by atoms with Gasteiger partial charge in [-0.1, -0.05) is 31.2 Å². The highest BCUT2D eigenvalue weighted by Gasteiger charge is 2.33. The summed E-state index contributed by atoms with van der Waals surface area (Å²) in [5.41, 5.74) is 3.56. The van der Waals surface area contributed by atoms with Gasteiger partial charge in [-0.25, -0.2) is 0 Å². The van der Waals surface area contributed by atoms with E-state index in [1.165, 1.54) is 38.0 Å². The number of hydrogen-bond donors (Lipinski definition) is 1. The Balaban J connectivity index is 1.74. The predicted octanol–water partition coefficient (Wildman–Crippen LogP) is 2.43. The van der Waals surface area contributed by atoms with Crippen LogP contribution in [0.3, 0.4) is 0 Å². The van der Waals surface area contributed by atoms with E-state index in [9.17, 15) is 0 Å². The fourth-order valence-electron chi connectivity index (χ4n) is 3.44. The van der Waals surface area contributed by atoms with Gasteiger partial charge >= 0.3 is 0 Å². The van der Waals surface area contributed by atoms with Crippen molar-refractivity contribution in [3.63, 3.8) is 0 Å². The van der Waals surface area contributed by atoms with Crippen molar-refractivity contribution >= 4 is 0 Å². The second-order valence-electron chi connectivity index (χ2n) is 6.46. The maximum atomic E-state index is 3.51. The standard InChI is InChI=1S/C16H24N2/c1-13-9-14-5-3-4-6-15(14)10-18(13)12-16(2)7-8-17-11-16/h3-6,13,17H,7-12H2,1-2H3. The van der Waals surface area contributed by atoms with Crippen LogP contribution in [0, 0.1) is 5.41 Å². The van der Waals surface area contributed by atoms with Gasteiger partial charge in [-0.3, -0.25) is 4.90 Å². The maximum absolute atomic E-state index is 3.51. The molecule has 0 spiro atoms. The van der Waals surface area contributed by atoms with E-state index in [-0.39, 0.29) is 0 Å². The Morgan fingerprint density at radius 1 is 1.33 bits per heavy atom. The molecule has 1 saturated heterocycles. The zero-order chi connectivity index (χ0) is 12.6. The van der Waals surface area contributed by atoms with E-state index >= 15 is 0 Å². The van der Waals surface area contributed by atoms with E-state index in [0.29, 0.717) is 11.5 Å². The molecule has 0 saturated carbocycles. The highest BCUT2D eigenvalue weighted by atomic mass is 15.2. The summed E-state index contributed by atoms with van der Waals surface area (Å²) < 4.78 is 0. The topological polar surface area (TPSA) is 15.3 Å². The average molecular weight is 244 g/mol. The molecule has 2 aliphatic heterocycles. The van der Waals surface area contributed by atoms with Crippen LogP contribution in [0.2, 0.25) is 0 Å². The van der Waals surface area contributed by atoms with Crippen molar-refractivity contribution in [2.45, 2.75) is 39.3 Å². The molecule has 0 amide bonds. The van der Waals surface area contributed by atoms with Crippen molar-refractivity contribution in [2.24, 2.45) is 5.41 Å². The molecule has 1 aromatic rings. The zero-order valence-corrected chi connectivity index (χ0v) is 11.6. The van der Waals surface area contributed by atoms with E-state index in [1.54, 1.807) is 5.56 Å². The number of nitrogens with one attached hydrogen (secondary N) is 1. The van der Waals surface area contributed by atoms with Crippen LogP contribution >= 0.6 is 0 Å². The summed E-state index contributed by atoms with van der Waals surface area (Å²) in [5, 5.41) is 3.51. The molecule has 2 aliphatic rings. The fraction of sp³-hybridized carbons (Fsp3) is 0.625. The molecule has 2 nitrogen and oxygen atoms in total. The minimum absolute atomic E-state index is 0.473. The van der Waals surface area contributed by atoms with Gasteiger partial charge in [-0.05, 0) is 42.9 Å². The summed E-state index contributed by atoms with van der Waals surface area (Å²) in [7, 11) is 0. The minimum Gasteiger partial charge on any atom is -0.316 e. The van der Waals surface area contributed by atoms with Crippen molar-refractivity contribution < 1.29 is 0 Å². The van der Waals surface area contributed by atoms with Gasteiger partial charge in [-0.15, -0.1) is 0 Å². The lowest BCUT2D eigenvalue weighted by atomic mass is 9.86. The van der Waals surface area contributed by atoms with E-state index in [0.717, 1.165) is 6.54 Å². The molecular weight excluding hydrogens is 220 g/mol. The minimum atomic E-state index is 0.473. The van der Waals surface area contributed by atoms with E-state index in [1.807, 2.05) is 0 Å². The number of hydrogen-bond acceptors (Lipinski definition) is 2. The van der Waals surface area contributed by atoms with Crippen molar-refractivity contribution in [3.8, 4) is 0 Å². The molecule has 0 aliphatic carbocycles. The van der Waals surface area contributed by atoms with Gasteiger partial charge in [0.15, 0.2) is 0 Å². The molecule has 98 valence electrons. The molecule has 0 radical (unpaired) electrons. The third-order valence-electron chi connectivity index (χ3n) is 4.67. The Hall–Kier alpha value is -0.860. The Morgan fingerprint density at radius 2 is 2.11 bits per heavy atom. The molecule has 18 heavy (non-hydrogen) atoms. The first-order valence-electron chi connectivity index (χ1n) is 7.18. The van der Waals surface area contributed by atoms with Gasteiger partial charge in [-0.2, -0.15) is 0 Å². The maximum Gasteiger partial charge on any atom is 0.0239 e. The van der Waals surface area contributed by atoms with E-state index in [4.69, 9.17) is 0 Å². The molecule has 1 aromatic carbocycles. The lowest BCUT2D eigenvalue weighted by Gasteiger charge is -2.39. The van der Waals surface area contributed by atoms with Crippen molar-refractivity contribution in [3.05, 3.63) is 35.4 Å². The molecule has 0 aromatic heterocycles. The number of benzene rings is 1. The zero-order valence-electron chi connectivity index (χ0n) is 11.6. The predicted molar refractivity (Wildman–Crippen MR) is 75.6 cm³/mol. The molecule has 1 N–H and O–H groups in total. The number of fused-ring (bicyclic) bond motifs is 1. The quantitative estimate of drug-likeness (QED) is 0.859. The second kappa shape index (κ2) is 4.67. The third kappa shape index (κ3) is 2.32. The van der Waals surface area contributed by atoms with Crippen LogP contribution in [0.1, 0.15) is 31.4 Å². The summed E-state index contributed by atoms with van der Waals surface area (Å²) in [6, 6.07) is 9.61. The normalized spacial score (nSPS) is 32.4. The van der Waals surface area contributed by atoms with Crippen molar-refractivity contribution in [1.29, 1.82) is 0 Å². The monoisotopic (exact) mass is 244 g/mol. The SMILES string of the molecule is CC1Cc2ccccc2CN1CC1(C)CCNC1. The third-order valence-corrected chi connectivity index (χ3v) is 4.67. The number of rotatable bonds is 2. The van der Waals surface area contributed by atoms with E-state index in [2.05, 4.69) is 48.3 Å². The van der Waals surface area contributed by atoms with Crippen LogP contribution in [-0.4, -0.2) is 30.6 Å². The first kappa shape index (κ1) is 12.2. The smallest absolute Gasteiger partial charge is 0.0239 e. The molecule has 2 heterocycles. The highest BCUT2D eigenvalue weighted by Crippen LogP contribution is 2.30. The summed E-state index contributed by atoms with van der Waals surface area (Å²) >= 11 is 0. The molecule has 3 rings (SSSR count). The lowest BCUT2D eigenvalue weighted by molar-refractivity contribution is 0.119. The molecule has 1 fully saturated rings. The lowest BCUT2D eigenvalue weighted by Crippen LogP contribution is -2.45.